The van der Waals surface area contributed by atoms with E-state index >= 15 is 0 Å². The molecule has 0 saturated carbocycles. The van der Waals surface area contributed by atoms with Crippen LogP contribution >= 0.6 is 0 Å². The van der Waals surface area contributed by atoms with E-state index in [4.69, 9.17) is 5.11 Å². The van der Waals surface area contributed by atoms with Crippen molar-refractivity contribution in [2.45, 2.75) is 45.7 Å². The van der Waals surface area contributed by atoms with E-state index in [9.17, 15) is 4.79 Å². The summed E-state index contributed by atoms with van der Waals surface area (Å²) in [7, 11) is 2.13. The van der Waals surface area contributed by atoms with Gasteiger partial charge in [0.1, 0.15) is 0 Å². The van der Waals surface area contributed by atoms with Crippen molar-refractivity contribution in [2.24, 2.45) is 5.92 Å². The van der Waals surface area contributed by atoms with Gasteiger partial charge in [-0.1, -0.05) is 6.92 Å². The molecule has 1 aliphatic rings. The minimum absolute atomic E-state index is 0.274. The molecule has 100 valence electrons. The van der Waals surface area contributed by atoms with Crippen LogP contribution in [-0.2, 0) is 4.79 Å². The van der Waals surface area contributed by atoms with Gasteiger partial charge in [-0.2, -0.15) is 0 Å². The van der Waals surface area contributed by atoms with E-state index in [1.807, 2.05) is 0 Å². The molecule has 1 saturated heterocycles. The van der Waals surface area contributed by atoms with Gasteiger partial charge in [0.25, 0.3) is 0 Å². The summed E-state index contributed by atoms with van der Waals surface area (Å²) in [6.07, 6.45) is 1.03. The van der Waals surface area contributed by atoms with Crippen LogP contribution in [-0.4, -0.2) is 59.6 Å². The highest BCUT2D eigenvalue weighted by molar-refractivity contribution is 5.66. The smallest absolute Gasteiger partial charge is 0.303 e. The number of carbonyl (C=O) groups is 1. The Bertz CT molecular complexity index is 256. The van der Waals surface area contributed by atoms with Crippen LogP contribution in [0.15, 0.2) is 0 Å². The van der Waals surface area contributed by atoms with Gasteiger partial charge in [-0.15, -0.1) is 0 Å². The fraction of sp³-hybridized carbons (Fsp3) is 0.923. The van der Waals surface area contributed by atoms with Gasteiger partial charge in [0.2, 0.25) is 0 Å². The van der Waals surface area contributed by atoms with Crippen LogP contribution in [0.5, 0.6) is 0 Å². The monoisotopic (exact) mass is 242 g/mol. The quantitative estimate of drug-likeness (QED) is 0.811. The molecule has 1 rings (SSSR count). The first-order chi connectivity index (χ1) is 7.90. The molecule has 0 aromatic carbocycles. The highest BCUT2D eigenvalue weighted by atomic mass is 16.4. The van der Waals surface area contributed by atoms with Gasteiger partial charge in [-0.25, -0.2) is 0 Å². The summed E-state index contributed by atoms with van der Waals surface area (Å²) in [6.45, 7) is 9.83. The van der Waals surface area contributed by atoms with Crippen LogP contribution in [0.2, 0.25) is 0 Å². The third-order valence-electron chi connectivity index (χ3n) is 3.49. The van der Waals surface area contributed by atoms with Crippen LogP contribution in [0.1, 0.15) is 33.6 Å². The van der Waals surface area contributed by atoms with Gasteiger partial charge in [-0.3, -0.25) is 9.69 Å². The van der Waals surface area contributed by atoms with Gasteiger partial charge >= 0.3 is 5.97 Å². The zero-order valence-electron chi connectivity index (χ0n) is 11.5. The number of nitrogens with zero attached hydrogens (tertiary/aromatic N) is 2. The van der Waals surface area contributed by atoms with Crippen LogP contribution in [0.3, 0.4) is 0 Å². The third kappa shape index (κ3) is 4.64. The minimum atomic E-state index is -0.686. The molecule has 4 heteroatoms. The maximum Gasteiger partial charge on any atom is 0.303 e. The number of aliphatic carboxylic acids is 1. The first kappa shape index (κ1) is 14.5. The summed E-state index contributed by atoms with van der Waals surface area (Å²) in [5, 5.41) is 8.83. The standard InChI is InChI=1S/C13H26N2O2/c1-10(2)15-8-11(3)7-14(4)9-12(15)5-6-13(16)17/h10-12H,5-9H2,1-4H3,(H,16,17). The Kier molecular flexibility index (Phi) is 5.40. The number of hydrogen-bond donors (Lipinski definition) is 1. The number of hydrogen-bond acceptors (Lipinski definition) is 3. The predicted molar refractivity (Wildman–Crippen MR) is 69.2 cm³/mol. The molecule has 1 N–H and O–H groups in total. The average Bonchev–Trinajstić information content (AvgIpc) is 2.33. The van der Waals surface area contributed by atoms with Crippen molar-refractivity contribution in [3.63, 3.8) is 0 Å². The zero-order valence-corrected chi connectivity index (χ0v) is 11.5. The van der Waals surface area contributed by atoms with E-state index < -0.39 is 5.97 Å². The molecule has 0 aromatic heterocycles. The van der Waals surface area contributed by atoms with E-state index in [0.717, 1.165) is 26.1 Å². The number of likely N-dealkylation sites (N-methyl/N-ethyl adjacent to an activating group) is 1. The van der Waals surface area contributed by atoms with Crippen molar-refractivity contribution in [1.29, 1.82) is 0 Å². The molecular weight excluding hydrogens is 216 g/mol. The molecule has 0 radical (unpaired) electrons. The lowest BCUT2D eigenvalue weighted by Crippen LogP contribution is -2.44. The van der Waals surface area contributed by atoms with Crippen molar-refractivity contribution in [1.82, 2.24) is 9.80 Å². The van der Waals surface area contributed by atoms with E-state index in [2.05, 4.69) is 37.6 Å². The highest BCUT2D eigenvalue weighted by Gasteiger charge is 2.28. The van der Waals surface area contributed by atoms with Crippen LogP contribution in [0.4, 0.5) is 0 Å². The maximum absolute atomic E-state index is 10.7. The van der Waals surface area contributed by atoms with E-state index in [0.29, 0.717) is 18.0 Å². The van der Waals surface area contributed by atoms with Gasteiger partial charge in [0.05, 0.1) is 0 Å². The molecule has 2 unspecified atom stereocenters. The Hall–Kier alpha value is -0.610. The largest absolute Gasteiger partial charge is 0.481 e. The van der Waals surface area contributed by atoms with Crippen molar-refractivity contribution >= 4 is 5.97 Å². The first-order valence-corrected chi connectivity index (χ1v) is 6.56. The summed E-state index contributed by atoms with van der Waals surface area (Å²) in [5.74, 6) is -0.0362. The molecule has 2 atom stereocenters. The van der Waals surface area contributed by atoms with E-state index in [1.54, 1.807) is 0 Å². The molecule has 0 spiro atoms. The second-order valence-corrected chi connectivity index (χ2v) is 5.70. The Morgan fingerprint density at radius 1 is 1.35 bits per heavy atom. The summed E-state index contributed by atoms with van der Waals surface area (Å²) in [6, 6.07) is 0.865. The highest BCUT2D eigenvalue weighted by Crippen LogP contribution is 2.19. The summed E-state index contributed by atoms with van der Waals surface area (Å²) >= 11 is 0. The molecule has 1 aliphatic heterocycles. The second kappa shape index (κ2) is 6.36. The van der Waals surface area contributed by atoms with Crippen LogP contribution in [0.25, 0.3) is 0 Å². The Balaban J connectivity index is 2.68. The summed E-state index contributed by atoms with van der Waals surface area (Å²) < 4.78 is 0. The van der Waals surface area contributed by atoms with Crippen LogP contribution in [0, 0.1) is 5.92 Å². The average molecular weight is 242 g/mol. The zero-order chi connectivity index (χ0) is 13.0. The maximum atomic E-state index is 10.7. The molecule has 17 heavy (non-hydrogen) atoms. The molecule has 0 aliphatic carbocycles. The topological polar surface area (TPSA) is 43.8 Å². The van der Waals surface area contributed by atoms with Gasteiger partial charge in [0.15, 0.2) is 0 Å². The molecule has 0 aromatic rings. The summed E-state index contributed by atoms with van der Waals surface area (Å²) in [5.41, 5.74) is 0. The lowest BCUT2D eigenvalue weighted by atomic mass is 10.1. The normalized spacial score (nSPS) is 28.3. The molecule has 1 fully saturated rings. The molecule has 1 heterocycles. The molecule has 0 bridgehead atoms. The molecule has 4 nitrogen and oxygen atoms in total. The van der Waals surface area contributed by atoms with E-state index in [-0.39, 0.29) is 6.42 Å². The number of carboxylic acid groups (broad SMARTS) is 1. The Morgan fingerprint density at radius 3 is 2.53 bits per heavy atom. The van der Waals surface area contributed by atoms with Crippen molar-refractivity contribution in [3.8, 4) is 0 Å². The third-order valence-corrected chi connectivity index (χ3v) is 3.49. The minimum Gasteiger partial charge on any atom is -0.481 e. The van der Waals surface area contributed by atoms with Gasteiger partial charge < -0.3 is 10.0 Å². The van der Waals surface area contributed by atoms with Crippen molar-refractivity contribution in [2.75, 3.05) is 26.7 Å². The number of carboxylic acids is 1. The Labute approximate surface area is 105 Å². The fourth-order valence-corrected chi connectivity index (χ4v) is 2.82. The van der Waals surface area contributed by atoms with Crippen molar-refractivity contribution < 1.29 is 9.90 Å². The lowest BCUT2D eigenvalue weighted by Gasteiger charge is -2.34. The van der Waals surface area contributed by atoms with Crippen LogP contribution < -0.4 is 0 Å². The fourth-order valence-electron chi connectivity index (χ4n) is 2.82. The molecule has 0 amide bonds. The SMILES string of the molecule is CC1CN(C)CC(CCC(=O)O)N(C(C)C)C1. The van der Waals surface area contributed by atoms with E-state index in [1.165, 1.54) is 0 Å². The first-order valence-electron chi connectivity index (χ1n) is 6.56. The van der Waals surface area contributed by atoms with Crippen molar-refractivity contribution in [3.05, 3.63) is 0 Å². The van der Waals surface area contributed by atoms with Gasteiger partial charge in [-0.05, 0) is 33.2 Å². The van der Waals surface area contributed by atoms with Gasteiger partial charge in [0, 0.05) is 38.1 Å². The Morgan fingerprint density at radius 2 is 2.00 bits per heavy atom. The molecular formula is C13H26N2O2. The second-order valence-electron chi connectivity index (χ2n) is 5.70. The number of rotatable bonds is 4. The lowest BCUT2D eigenvalue weighted by molar-refractivity contribution is -0.137. The summed E-state index contributed by atoms with van der Waals surface area (Å²) in [4.78, 5) is 15.5. The predicted octanol–water partition coefficient (Wildman–Crippen LogP) is 1.51.